The molecule has 2 aromatic rings. The second-order valence-corrected chi connectivity index (χ2v) is 4.90. The van der Waals surface area contributed by atoms with E-state index in [1.54, 1.807) is 25.3 Å². The highest BCUT2D eigenvalue weighted by Gasteiger charge is 2.13. The van der Waals surface area contributed by atoms with Gasteiger partial charge in [0.2, 0.25) is 0 Å². The van der Waals surface area contributed by atoms with Crippen molar-refractivity contribution in [1.29, 1.82) is 0 Å². The van der Waals surface area contributed by atoms with Crippen LogP contribution in [-0.2, 0) is 6.42 Å². The molecule has 0 aliphatic carbocycles. The van der Waals surface area contributed by atoms with Crippen molar-refractivity contribution in [2.45, 2.75) is 20.3 Å². The van der Waals surface area contributed by atoms with Crippen molar-refractivity contribution in [1.82, 2.24) is 4.98 Å². The third-order valence-electron chi connectivity index (χ3n) is 3.36. The number of hydrogen-bond acceptors (Lipinski definition) is 3. The molecule has 0 fully saturated rings. The Morgan fingerprint density at radius 2 is 2.05 bits per heavy atom. The molecule has 1 aromatic carbocycles. The molecule has 0 aliphatic heterocycles. The molecule has 0 bridgehead atoms. The Labute approximate surface area is 122 Å². The average Bonchev–Trinajstić information content (AvgIpc) is 2.41. The van der Waals surface area contributed by atoms with E-state index in [9.17, 15) is 14.3 Å². The lowest BCUT2D eigenvalue weighted by Crippen LogP contribution is -2.12. The highest BCUT2D eigenvalue weighted by Crippen LogP contribution is 2.17. The predicted molar refractivity (Wildman–Crippen MR) is 79.3 cm³/mol. The summed E-state index contributed by atoms with van der Waals surface area (Å²) in [6.07, 6.45) is 2.24. The number of carboxylic acid groups (broad SMARTS) is 1. The zero-order valence-electron chi connectivity index (χ0n) is 12.0. The van der Waals surface area contributed by atoms with E-state index < -0.39 is 5.97 Å². The van der Waals surface area contributed by atoms with Crippen LogP contribution in [0.3, 0.4) is 0 Å². The van der Waals surface area contributed by atoms with E-state index >= 15 is 0 Å². The van der Waals surface area contributed by atoms with Crippen LogP contribution in [0, 0.1) is 19.7 Å². The predicted octanol–water partition coefficient (Wildman–Crippen LogP) is 3.19. The van der Waals surface area contributed by atoms with Crippen molar-refractivity contribution >= 4 is 11.8 Å². The number of anilines is 1. The zero-order valence-corrected chi connectivity index (χ0v) is 12.0. The summed E-state index contributed by atoms with van der Waals surface area (Å²) in [5.74, 6) is -0.888. The number of pyridine rings is 1. The first-order valence-electron chi connectivity index (χ1n) is 6.67. The molecule has 0 atom stereocenters. The van der Waals surface area contributed by atoms with Gasteiger partial charge in [0.15, 0.2) is 0 Å². The first-order valence-corrected chi connectivity index (χ1v) is 6.67. The lowest BCUT2D eigenvalue weighted by atomic mass is 10.1. The van der Waals surface area contributed by atoms with Gasteiger partial charge in [-0.3, -0.25) is 0 Å². The van der Waals surface area contributed by atoms with Crippen molar-refractivity contribution in [3.8, 4) is 0 Å². The van der Waals surface area contributed by atoms with Crippen molar-refractivity contribution in [2.24, 2.45) is 0 Å². The van der Waals surface area contributed by atoms with E-state index in [0.29, 0.717) is 24.3 Å². The minimum atomic E-state index is -0.999. The van der Waals surface area contributed by atoms with Crippen LogP contribution >= 0.6 is 0 Å². The number of nitrogens with zero attached hydrogens (tertiary/aromatic N) is 1. The maximum absolute atomic E-state index is 13.0. The fourth-order valence-electron chi connectivity index (χ4n) is 2.22. The summed E-state index contributed by atoms with van der Waals surface area (Å²) >= 11 is 0. The van der Waals surface area contributed by atoms with E-state index in [2.05, 4.69) is 10.3 Å². The molecule has 21 heavy (non-hydrogen) atoms. The molecule has 0 spiro atoms. The van der Waals surface area contributed by atoms with E-state index in [1.165, 1.54) is 12.1 Å². The van der Waals surface area contributed by atoms with E-state index in [4.69, 9.17) is 0 Å². The molecule has 110 valence electrons. The molecular formula is C16H17FN2O2. The first kappa shape index (κ1) is 15.0. The highest BCUT2D eigenvalue weighted by molar-refractivity contribution is 5.94. The van der Waals surface area contributed by atoms with Gasteiger partial charge in [-0.05, 0) is 55.2 Å². The van der Waals surface area contributed by atoms with Gasteiger partial charge in [-0.25, -0.2) is 14.2 Å². The summed E-state index contributed by atoms with van der Waals surface area (Å²) in [5.41, 5.74) is 2.76. The molecule has 0 aliphatic rings. The Kier molecular flexibility index (Phi) is 4.52. The normalized spacial score (nSPS) is 10.4. The van der Waals surface area contributed by atoms with Crippen molar-refractivity contribution < 1.29 is 14.3 Å². The van der Waals surface area contributed by atoms with Crippen LogP contribution < -0.4 is 5.32 Å². The Balaban J connectivity index is 2.07. The average molecular weight is 288 g/mol. The first-order chi connectivity index (χ1) is 9.99. The van der Waals surface area contributed by atoms with E-state index in [-0.39, 0.29) is 11.4 Å². The Morgan fingerprint density at radius 3 is 2.71 bits per heavy atom. The van der Waals surface area contributed by atoms with Gasteiger partial charge >= 0.3 is 5.97 Å². The van der Waals surface area contributed by atoms with E-state index in [0.717, 1.165) is 11.1 Å². The summed E-state index contributed by atoms with van der Waals surface area (Å²) in [6, 6.07) is 6.33. The number of carboxylic acids is 1. The van der Waals surface area contributed by atoms with Crippen molar-refractivity contribution in [3.05, 3.63) is 58.5 Å². The third kappa shape index (κ3) is 3.56. The number of aromatic nitrogens is 1. The van der Waals surface area contributed by atoms with Gasteiger partial charge in [0.1, 0.15) is 17.2 Å². The van der Waals surface area contributed by atoms with Crippen LogP contribution in [-0.4, -0.2) is 22.6 Å². The Hall–Kier alpha value is -2.43. The lowest BCUT2D eigenvalue weighted by Gasteiger charge is -2.11. The smallest absolute Gasteiger partial charge is 0.339 e. The summed E-state index contributed by atoms with van der Waals surface area (Å²) in [5, 5.41) is 12.3. The fraction of sp³-hybridized carbons (Fsp3) is 0.250. The summed E-state index contributed by atoms with van der Waals surface area (Å²) in [4.78, 5) is 15.3. The molecule has 5 heteroatoms. The second kappa shape index (κ2) is 6.35. The summed E-state index contributed by atoms with van der Waals surface area (Å²) in [6.45, 7) is 4.12. The number of nitrogens with one attached hydrogen (secondary N) is 1. The van der Waals surface area contributed by atoms with Crippen LogP contribution in [0.5, 0.6) is 0 Å². The van der Waals surface area contributed by atoms with Gasteiger partial charge in [-0.2, -0.15) is 0 Å². The van der Waals surface area contributed by atoms with E-state index in [1.807, 2.05) is 6.92 Å². The molecule has 0 unspecified atom stereocenters. The van der Waals surface area contributed by atoms with Gasteiger partial charge in [-0.15, -0.1) is 0 Å². The van der Waals surface area contributed by atoms with Crippen LogP contribution in [0.1, 0.15) is 27.0 Å². The van der Waals surface area contributed by atoms with Gasteiger partial charge < -0.3 is 10.4 Å². The topological polar surface area (TPSA) is 62.2 Å². The number of benzene rings is 1. The number of aryl methyl sites for hydroxylation is 2. The number of aromatic carboxylic acids is 1. The van der Waals surface area contributed by atoms with Gasteiger partial charge in [-0.1, -0.05) is 6.07 Å². The molecular weight excluding hydrogens is 271 g/mol. The quantitative estimate of drug-likeness (QED) is 0.887. The molecule has 0 amide bonds. The summed E-state index contributed by atoms with van der Waals surface area (Å²) < 4.78 is 13.0. The largest absolute Gasteiger partial charge is 0.478 e. The monoisotopic (exact) mass is 288 g/mol. The van der Waals surface area contributed by atoms with Crippen molar-refractivity contribution in [2.75, 3.05) is 11.9 Å². The number of rotatable bonds is 5. The fourth-order valence-corrected chi connectivity index (χ4v) is 2.22. The van der Waals surface area contributed by atoms with Crippen LogP contribution in [0.4, 0.5) is 10.2 Å². The maximum Gasteiger partial charge on any atom is 0.339 e. The second-order valence-electron chi connectivity index (χ2n) is 4.90. The van der Waals surface area contributed by atoms with Crippen LogP contribution in [0.25, 0.3) is 0 Å². The standard InChI is InChI=1S/C16H17FN2O2/c1-10-5-7-18-15(14(10)16(20)21)19-8-6-12-3-4-13(17)9-11(12)2/h3-5,7,9H,6,8H2,1-2H3,(H,18,19)(H,20,21). The Morgan fingerprint density at radius 1 is 1.29 bits per heavy atom. The maximum atomic E-state index is 13.0. The Bertz CT molecular complexity index is 671. The summed E-state index contributed by atoms with van der Waals surface area (Å²) in [7, 11) is 0. The highest BCUT2D eigenvalue weighted by atomic mass is 19.1. The minimum Gasteiger partial charge on any atom is -0.478 e. The minimum absolute atomic E-state index is 0.188. The molecule has 1 heterocycles. The van der Waals surface area contributed by atoms with Gasteiger partial charge in [0.25, 0.3) is 0 Å². The van der Waals surface area contributed by atoms with Crippen LogP contribution in [0.15, 0.2) is 30.5 Å². The SMILES string of the molecule is Cc1cc(F)ccc1CCNc1nccc(C)c1C(=O)O. The molecule has 1 aromatic heterocycles. The van der Waals surface area contributed by atoms with Gasteiger partial charge in [0, 0.05) is 12.7 Å². The molecule has 4 nitrogen and oxygen atoms in total. The molecule has 0 radical (unpaired) electrons. The van der Waals surface area contributed by atoms with Crippen molar-refractivity contribution in [3.63, 3.8) is 0 Å². The molecule has 2 rings (SSSR count). The zero-order chi connectivity index (χ0) is 15.4. The number of carbonyl (C=O) groups is 1. The number of halogens is 1. The lowest BCUT2D eigenvalue weighted by molar-refractivity contribution is 0.0697. The molecule has 0 saturated heterocycles. The number of hydrogen-bond donors (Lipinski definition) is 2. The van der Waals surface area contributed by atoms with Crippen LogP contribution in [0.2, 0.25) is 0 Å². The molecule has 0 saturated carbocycles. The third-order valence-corrected chi connectivity index (χ3v) is 3.36. The van der Waals surface area contributed by atoms with Gasteiger partial charge in [0.05, 0.1) is 0 Å². The molecule has 2 N–H and O–H groups in total.